The molecular formula is C9H17NO. The Morgan fingerprint density at radius 1 is 1.45 bits per heavy atom. The van der Waals surface area contributed by atoms with E-state index in [-0.39, 0.29) is 0 Å². The molecule has 1 aliphatic carbocycles. The van der Waals surface area contributed by atoms with Crippen molar-refractivity contribution in [2.24, 2.45) is 5.92 Å². The van der Waals surface area contributed by atoms with Crippen LogP contribution in [-0.4, -0.2) is 35.7 Å². The van der Waals surface area contributed by atoms with Gasteiger partial charge in [0, 0.05) is 12.1 Å². The third-order valence-corrected chi connectivity index (χ3v) is 3.50. The van der Waals surface area contributed by atoms with Gasteiger partial charge < -0.3 is 5.11 Å². The van der Waals surface area contributed by atoms with Gasteiger partial charge in [0.25, 0.3) is 0 Å². The van der Waals surface area contributed by atoms with Gasteiger partial charge in [0.05, 0.1) is 6.61 Å². The highest BCUT2D eigenvalue weighted by Gasteiger charge is 2.40. The van der Waals surface area contributed by atoms with Crippen LogP contribution in [0.2, 0.25) is 0 Å². The summed E-state index contributed by atoms with van der Waals surface area (Å²) >= 11 is 0. The molecule has 0 aromatic rings. The van der Waals surface area contributed by atoms with Gasteiger partial charge in [-0.3, -0.25) is 4.90 Å². The lowest BCUT2D eigenvalue weighted by Crippen LogP contribution is -2.34. The van der Waals surface area contributed by atoms with Gasteiger partial charge >= 0.3 is 0 Å². The molecular weight excluding hydrogens is 138 g/mol. The molecule has 1 aliphatic heterocycles. The van der Waals surface area contributed by atoms with Crippen LogP contribution >= 0.6 is 0 Å². The lowest BCUT2D eigenvalue weighted by molar-refractivity contribution is 0.154. The predicted molar refractivity (Wildman–Crippen MR) is 44.4 cm³/mol. The molecule has 0 spiro atoms. The van der Waals surface area contributed by atoms with Gasteiger partial charge in [0.1, 0.15) is 0 Å². The first-order valence-corrected chi connectivity index (χ1v) is 4.65. The molecule has 2 fully saturated rings. The summed E-state index contributed by atoms with van der Waals surface area (Å²) in [6, 6.07) is 1.26. The minimum Gasteiger partial charge on any atom is -0.395 e. The van der Waals surface area contributed by atoms with E-state index in [1.165, 1.54) is 25.7 Å². The zero-order chi connectivity index (χ0) is 7.84. The van der Waals surface area contributed by atoms with Crippen molar-refractivity contribution in [1.82, 2.24) is 4.90 Å². The Hall–Kier alpha value is -0.0800. The standard InChI is InChI=1S/C9H17NO/c1-10-8(6-11)5-7-3-2-4-9(7)10/h7-9,11H,2-6H2,1H3/t7-,8-,9-/m1/s1. The second-order valence-electron chi connectivity index (χ2n) is 4.00. The van der Waals surface area contributed by atoms with Crippen LogP contribution in [0.25, 0.3) is 0 Å². The van der Waals surface area contributed by atoms with E-state index in [2.05, 4.69) is 11.9 Å². The summed E-state index contributed by atoms with van der Waals surface area (Å²) in [7, 11) is 2.16. The van der Waals surface area contributed by atoms with Gasteiger partial charge in [-0.15, -0.1) is 0 Å². The van der Waals surface area contributed by atoms with Crippen molar-refractivity contribution in [3.63, 3.8) is 0 Å². The summed E-state index contributed by atoms with van der Waals surface area (Å²) in [5, 5.41) is 9.05. The molecule has 2 rings (SSSR count). The first kappa shape index (κ1) is 7.56. The lowest BCUT2D eigenvalue weighted by atomic mass is 10.0. The molecule has 2 aliphatic rings. The van der Waals surface area contributed by atoms with Crippen LogP contribution in [0.15, 0.2) is 0 Å². The highest BCUT2D eigenvalue weighted by atomic mass is 16.3. The Kier molecular flexibility index (Phi) is 1.90. The van der Waals surface area contributed by atoms with Crippen molar-refractivity contribution in [1.29, 1.82) is 0 Å². The fourth-order valence-corrected chi connectivity index (χ4v) is 2.82. The smallest absolute Gasteiger partial charge is 0.0586 e. The van der Waals surface area contributed by atoms with Crippen LogP contribution in [0.5, 0.6) is 0 Å². The van der Waals surface area contributed by atoms with Crippen molar-refractivity contribution >= 4 is 0 Å². The first-order valence-electron chi connectivity index (χ1n) is 4.65. The average Bonchev–Trinajstić information content (AvgIpc) is 2.53. The van der Waals surface area contributed by atoms with E-state index in [0.717, 1.165) is 12.0 Å². The van der Waals surface area contributed by atoms with E-state index in [1.807, 2.05) is 0 Å². The number of fused-ring (bicyclic) bond motifs is 1. The summed E-state index contributed by atoms with van der Waals surface area (Å²) in [6.45, 7) is 0.351. The molecule has 1 N–H and O–H groups in total. The zero-order valence-corrected chi connectivity index (χ0v) is 7.16. The summed E-state index contributed by atoms with van der Waals surface area (Å²) in [6.07, 6.45) is 5.39. The quantitative estimate of drug-likeness (QED) is 0.607. The Bertz CT molecular complexity index is 148. The van der Waals surface area contributed by atoms with E-state index >= 15 is 0 Å². The minimum absolute atomic E-state index is 0.351. The topological polar surface area (TPSA) is 23.5 Å². The number of hydrogen-bond acceptors (Lipinski definition) is 2. The molecule has 0 amide bonds. The maximum absolute atomic E-state index is 9.05. The van der Waals surface area contributed by atoms with Gasteiger partial charge in [-0.1, -0.05) is 6.42 Å². The highest BCUT2D eigenvalue weighted by molar-refractivity contribution is 4.95. The fraction of sp³-hybridized carbons (Fsp3) is 1.00. The number of likely N-dealkylation sites (tertiary alicyclic amines) is 1. The maximum Gasteiger partial charge on any atom is 0.0586 e. The fourth-order valence-electron chi connectivity index (χ4n) is 2.82. The SMILES string of the molecule is CN1[C@@H](CO)C[C@H]2CCC[C@H]21. The van der Waals surface area contributed by atoms with E-state index in [0.29, 0.717) is 12.6 Å². The number of hydrogen-bond donors (Lipinski definition) is 1. The molecule has 64 valence electrons. The molecule has 0 unspecified atom stereocenters. The Morgan fingerprint density at radius 3 is 2.91 bits per heavy atom. The molecule has 0 aromatic carbocycles. The van der Waals surface area contributed by atoms with Crippen LogP contribution in [0.1, 0.15) is 25.7 Å². The third kappa shape index (κ3) is 1.09. The summed E-state index contributed by atoms with van der Waals surface area (Å²) < 4.78 is 0. The number of aliphatic hydroxyl groups excluding tert-OH is 1. The van der Waals surface area contributed by atoms with E-state index < -0.39 is 0 Å². The van der Waals surface area contributed by atoms with Crippen LogP contribution in [0.3, 0.4) is 0 Å². The summed E-state index contributed by atoms with van der Waals surface area (Å²) in [5.41, 5.74) is 0. The molecule has 1 saturated carbocycles. The number of likely N-dealkylation sites (N-methyl/N-ethyl adjacent to an activating group) is 1. The van der Waals surface area contributed by atoms with E-state index in [4.69, 9.17) is 5.11 Å². The molecule has 11 heavy (non-hydrogen) atoms. The second-order valence-corrected chi connectivity index (χ2v) is 4.00. The Balaban J connectivity index is 2.04. The predicted octanol–water partition coefficient (Wildman–Crippen LogP) is 0.851. The summed E-state index contributed by atoms with van der Waals surface area (Å²) in [5.74, 6) is 0.900. The van der Waals surface area contributed by atoms with Crippen LogP contribution in [0, 0.1) is 5.92 Å². The van der Waals surface area contributed by atoms with Gasteiger partial charge in [0.15, 0.2) is 0 Å². The monoisotopic (exact) mass is 155 g/mol. The Labute approximate surface area is 68.2 Å². The van der Waals surface area contributed by atoms with Crippen molar-refractivity contribution < 1.29 is 5.11 Å². The zero-order valence-electron chi connectivity index (χ0n) is 7.16. The van der Waals surface area contributed by atoms with Gasteiger partial charge in [-0.25, -0.2) is 0 Å². The maximum atomic E-state index is 9.05. The molecule has 0 bridgehead atoms. The molecule has 0 radical (unpaired) electrons. The van der Waals surface area contributed by atoms with Crippen molar-refractivity contribution in [3.05, 3.63) is 0 Å². The van der Waals surface area contributed by atoms with Crippen LogP contribution < -0.4 is 0 Å². The molecule has 2 heteroatoms. The van der Waals surface area contributed by atoms with Crippen molar-refractivity contribution in [2.75, 3.05) is 13.7 Å². The van der Waals surface area contributed by atoms with Crippen LogP contribution in [-0.2, 0) is 0 Å². The van der Waals surface area contributed by atoms with E-state index in [9.17, 15) is 0 Å². The summed E-state index contributed by atoms with van der Waals surface area (Å²) in [4.78, 5) is 2.39. The molecule has 1 saturated heterocycles. The normalized spacial score (nSPS) is 44.7. The second kappa shape index (κ2) is 2.76. The molecule has 1 heterocycles. The number of nitrogens with zero attached hydrogens (tertiary/aromatic N) is 1. The highest BCUT2D eigenvalue weighted by Crippen LogP contribution is 2.39. The first-order chi connectivity index (χ1) is 5.33. The largest absolute Gasteiger partial charge is 0.395 e. The van der Waals surface area contributed by atoms with Gasteiger partial charge in [-0.2, -0.15) is 0 Å². The van der Waals surface area contributed by atoms with Crippen molar-refractivity contribution in [2.45, 2.75) is 37.8 Å². The third-order valence-electron chi connectivity index (χ3n) is 3.50. The van der Waals surface area contributed by atoms with Crippen LogP contribution in [0.4, 0.5) is 0 Å². The average molecular weight is 155 g/mol. The van der Waals surface area contributed by atoms with Gasteiger partial charge in [-0.05, 0) is 32.2 Å². The Morgan fingerprint density at radius 2 is 2.27 bits per heavy atom. The lowest BCUT2D eigenvalue weighted by Gasteiger charge is -2.22. The molecule has 0 aromatic heterocycles. The number of aliphatic hydroxyl groups is 1. The van der Waals surface area contributed by atoms with Crippen molar-refractivity contribution in [3.8, 4) is 0 Å². The van der Waals surface area contributed by atoms with E-state index in [1.54, 1.807) is 0 Å². The molecule has 2 nitrogen and oxygen atoms in total. The van der Waals surface area contributed by atoms with Gasteiger partial charge in [0.2, 0.25) is 0 Å². The molecule has 3 atom stereocenters. The number of rotatable bonds is 1. The minimum atomic E-state index is 0.351.